The minimum atomic E-state index is 0.457. The van der Waals surface area contributed by atoms with Gasteiger partial charge in [-0.1, -0.05) is 25.6 Å². The smallest absolute Gasteiger partial charge is 0.141 e. The van der Waals surface area contributed by atoms with E-state index in [-0.39, 0.29) is 0 Å². The molecule has 4 rings (SSSR count). The van der Waals surface area contributed by atoms with Crippen LogP contribution < -0.4 is 5.73 Å². The zero-order valence-corrected chi connectivity index (χ0v) is 19.2. The standard InChI is InChI=1S/C27H34N4/c1-6-29-27-24(20(5)28)13-19(4)31(27)26-15-22(12-18(26)3)8-7-21-9-10-23-11-17(2)16-30-25(23)14-21/h6,9-11,13-14,16,18,22,26H,5,7-8,12,15,28H2,1-4H3/b29-6-/t18-,22?,26?/m1/s1. The Hall–Kier alpha value is -2.88. The van der Waals surface area contributed by atoms with E-state index < -0.39 is 0 Å². The molecule has 4 nitrogen and oxygen atoms in total. The van der Waals surface area contributed by atoms with Gasteiger partial charge in [-0.2, -0.15) is 0 Å². The molecule has 31 heavy (non-hydrogen) atoms. The van der Waals surface area contributed by atoms with Gasteiger partial charge < -0.3 is 10.3 Å². The van der Waals surface area contributed by atoms with Gasteiger partial charge in [0.25, 0.3) is 0 Å². The molecule has 1 aliphatic rings. The second-order valence-electron chi connectivity index (χ2n) is 9.27. The Bertz CT molecular complexity index is 1140. The van der Waals surface area contributed by atoms with Crippen molar-refractivity contribution in [1.82, 2.24) is 9.55 Å². The monoisotopic (exact) mass is 414 g/mol. The zero-order chi connectivity index (χ0) is 22.1. The summed E-state index contributed by atoms with van der Waals surface area (Å²) in [6.07, 6.45) is 8.55. The highest BCUT2D eigenvalue weighted by atomic mass is 15.1. The summed E-state index contributed by atoms with van der Waals surface area (Å²) in [7, 11) is 0. The molecule has 1 fully saturated rings. The quantitative estimate of drug-likeness (QED) is 0.467. The predicted octanol–water partition coefficient (Wildman–Crippen LogP) is 6.52. The van der Waals surface area contributed by atoms with Crippen molar-refractivity contribution in [1.29, 1.82) is 0 Å². The Morgan fingerprint density at radius 1 is 1.26 bits per heavy atom. The second-order valence-corrected chi connectivity index (χ2v) is 9.27. The molecule has 2 N–H and O–H groups in total. The number of aryl methyl sites for hydroxylation is 3. The Labute approximate surface area is 185 Å². The maximum absolute atomic E-state index is 6.06. The first kappa shape index (κ1) is 21.4. The molecule has 2 unspecified atom stereocenters. The maximum atomic E-state index is 6.06. The lowest BCUT2D eigenvalue weighted by atomic mass is 9.96. The Kier molecular flexibility index (Phi) is 5.99. The van der Waals surface area contributed by atoms with Gasteiger partial charge in [0.2, 0.25) is 0 Å². The minimum Gasteiger partial charge on any atom is -0.399 e. The van der Waals surface area contributed by atoms with Gasteiger partial charge in [0.1, 0.15) is 5.82 Å². The molecule has 0 aliphatic heterocycles. The van der Waals surface area contributed by atoms with E-state index in [0.717, 1.165) is 23.3 Å². The van der Waals surface area contributed by atoms with E-state index in [0.29, 0.717) is 23.6 Å². The summed E-state index contributed by atoms with van der Waals surface area (Å²) in [4.78, 5) is 9.28. The molecule has 2 heterocycles. The number of fused-ring (bicyclic) bond motifs is 1. The molecule has 4 heteroatoms. The van der Waals surface area contributed by atoms with Gasteiger partial charge in [-0.25, -0.2) is 4.99 Å². The molecule has 1 saturated carbocycles. The van der Waals surface area contributed by atoms with E-state index in [1.54, 1.807) is 0 Å². The number of pyridine rings is 1. The molecule has 0 bridgehead atoms. The molecule has 3 atom stereocenters. The van der Waals surface area contributed by atoms with Crippen molar-refractivity contribution in [3.63, 3.8) is 0 Å². The summed E-state index contributed by atoms with van der Waals surface area (Å²) in [5.41, 5.74) is 12.5. The zero-order valence-electron chi connectivity index (χ0n) is 19.2. The van der Waals surface area contributed by atoms with Gasteiger partial charge in [-0.15, -0.1) is 0 Å². The Balaban J connectivity index is 1.50. The number of benzene rings is 1. The Morgan fingerprint density at radius 2 is 2.06 bits per heavy atom. The summed E-state index contributed by atoms with van der Waals surface area (Å²) in [6.45, 7) is 12.5. The van der Waals surface area contributed by atoms with Crippen molar-refractivity contribution in [3.05, 3.63) is 65.5 Å². The number of aromatic nitrogens is 2. The van der Waals surface area contributed by atoms with E-state index in [1.165, 1.54) is 41.5 Å². The largest absolute Gasteiger partial charge is 0.399 e. The number of hydrogen-bond donors (Lipinski definition) is 1. The topological polar surface area (TPSA) is 56.2 Å². The van der Waals surface area contributed by atoms with Crippen molar-refractivity contribution in [2.24, 2.45) is 22.6 Å². The first-order valence-electron chi connectivity index (χ1n) is 11.4. The lowest BCUT2D eigenvalue weighted by Crippen LogP contribution is -2.13. The van der Waals surface area contributed by atoms with Gasteiger partial charge in [0, 0.05) is 40.8 Å². The summed E-state index contributed by atoms with van der Waals surface area (Å²) < 4.78 is 2.40. The summed E-state index contributed by atoms with van der Waals surface area (Å²) in [6, 6.07) is 11.5. The summed E-state index contributed by atoms with van der Waals surface area (Å²) >= 11 is 0. The fourth-order valence-electron chi connectivity index (χ4n) is 5.30. The summed E-state index contributed by atoms with van der Waals surface area (Å²) in [5, 5.41) is 1.22. The van der Waals surface area contributed by atoms with Crippen LogP contribution in [-0.2, 0) is 6.42 Å². The van der Waals surface area contributed by atoms with Gasteiger partial charge in [0.05, 0.1) is 5.52 Å². The van der Waals surface area contributed by atoms with Crippen molar-refractivity contribution < 1.29 is 0 Å². The third kappa shape index (κ3) is 4.30. The molecule has 1 aliphatic carbocycles. The number of aliphatic imine (C=N–C) groups is 1. The molecular weight excluding hydrogens is 380 g/mol. The maximum Gasteiger partial charge on any atom is 0.141 e. The second kappa shape index (κ2) is 8.70. The molecule has 0 saturated heterocycles. The van der Waals surface area contributed by atoms with Crippen LogP contribution in [0.5, 0.6) is 0 Å². The van der Waals surface area contributed by atoms with Gasteiger partial charge in [0.15, 0.2) is 0 Å². The third-order valence-corrected chi connectivity index (χ3v) is 6.79. The predicted molar refractivity (Wildman–Crippen MR) is 132 cm³/mol. The number of nitrogens with zero attached hydrogens (tertiary/aromatic N) is 3. The van der Waals surface area contributed by atoms with Crippen LogP contribution in [-0.4, -0.2) is 15.8 Å². The first-order chi connectivity index (χ1) is 14.9. The van der Waals surface area contributed by atoms with Crippen LogP contribution in [0, 0.1) is 25.7 Å². The summed E-state index contributed by atoms with van der Waals surface area (Å²) in [5.74, 6) is 2.29. The van der Waals surface area contributed by atoms with E-state index in [9.17, 15) is 0 Å². The van der Waals surface area contributed by atoms with Crippen LogP contribution in [0.25, 0.3) is 16.6 Å². The minimum absolute atomic E-state index is 0.457. The van der Waals surface area contributed by atoms with Crippen LogP contribution >= 0.6 is 0 Å². The fraction of sp³-hybridized carbons (Fsp3) is 0.407. The van der Waals surface area contributed by atoms with Crippen LogP contribution in [0.15, 0.2) is 48.1 Å². The molecule has 1 aromatic carbocycles. The van der Waals surface area contributed by atoms with E-state index in [1.807, 2.05) is 19.3 Å². The van der Waals surface area contributed by atoms with Crippen LogP contribution in [0.2, 0.25) is 0 Å². The lowest BCUT2D eigenvalue weighted by Gasteiger charge is -2.22. The lowest BCUT2D eigenvalue weighted by molar-refractivity contribution is 0.404. The SMILES string of the molecule is C=C(N)c1cc(C)n(C2CC(CCc3ccc4cc(C)cnc4c3)C[C@H]2C)c1/N=C\C. The fourth-order valence-corrected chi connectivity index (χ4v) is 5.30. The third-order valence-electron chi connectivity index (χ3n) is 6.79. The van der Waals surface area contributed by atoms with Crippen molar-refractivity contribution >= 4 is 28.6 Å². The highest BCUT2D eigenvalue weighted by Crippen LogP contribution is 2.45. The van der Waals surface area contributed by atoms with Crippen molar-refractivity contribution in [3.8, 4) is 0 Å². The molecule has 0 radical (unpaired) electrons. The average molecular weight is 415 g/mol. The molecule has 0 amide bonds. The van der Waals surface area contributed by atoms with Crippen molar-refractivity contribution in [2.75, 3.05) is 0 Å². The first-order valence-corrected chi connectivity index (χ1v) is 11.4. The highest BCUT2D eigenvalue weighted by molar-refractivity contribution is 5.79. The van der Waals surface area contributed by atoms with Gasteiger partial charge in [-0.05, 0) is 87.6 Å². The normalized spacial score (nSPS) is 21.4. The van der Waals surface area contributed by atoms with Gasteiger partial charge >= 0.3 is 0 Å². The van der Waals surface area contributed by atoms with E-state index in [2.05, 4.69) is 72.2 Å². The van der Waals surface area contributed by atoms with Crippen LogP contribution in [0.3, 0.4) is 0 Å². The molecule has 162 valence electrons. The molecular formula is C27H34N4. The number of nitrogens with two attached hydrogens (primary N) is 1. The molecule has 2 aromatic heterocycles. The molecule has 3 aromatic rings. The average Bonchev–Trinajstić information content (AvgIpc) is 3.25. The number of rotatable bonds is 6. The molecule has 0 spiro atoms. The van der Waals surface area contributed by atoms with Gasteiger partial charge in [-0.3, -0.25) is 4.98 Å². The number of hydrogen-bond acceptors (Lipinski definition) is 3. The van der Waals surface area contributed by atoms with Crippen LogP contribution in [0.1, 0.15) is 61.5 Å². The van der Waals surface area contributed by atoms with Crippen molar-refractivity contribution in [2.45, 2.75) is 59.4 Å². The Morgan fingerprint density at radius 3 is 2.81 bits per heavy atom. The van der Waals surface area contributed by atoms with E-state index >= 15 is 0 Å². The van der Waals surface area contributed by atoms with E-state index in [4.69, 9.17) is 5.73 Å². The highest BCUT2D eigenvalue weighted by Gasteiger charge is 2.34. The van der Waals surface area contributed by atoms with Crippen LogP contribution in [0.4, 0.5) is 5.82 Å².